The van der Waals surface area contributed by atoms with Crippen LogP contribution in [0.1, 0.15) is 11.1 Å². The Hall–Kier alpha value is -6.97. The Bertz CT molecular complexity index is 2580. The fraction of sp³-hybridized carbons (Fsp3) is 0. The van der Waals surface area contributed by atoms with E-state index < -0.39 is 8.07 Å². The molecule has 0 aliphatic carbocycles. The Morgan fingerprint density at radius 2 is 1.10 bits per heavy atom. The van der Waals surface area contributed by atoms with Crippen LogP contribution in [0.4, 0.5) is 5.69 Å². The zero-order valence-corrected chi connectivity index (χ0v) is 28.0. The maximum Gasteiger partial charge on any atom is 0.188 e. The molecule has 0 radical (unpaired) electrons. The van der Waals surface area contributed by atoms with E-state index in [0.717, 1.165) is 43.8 Å². The van der Waals surface area contributed by atoms with Crippen molar-refractivity contribution in [2.75, 3.05) is 0 Å². The van der Waals surface area contributed by atoms with E-state index in [1.165, 1.54) is 15.6 Å². The van der Waals surface area contributed by atoms with Crippen molar-refractivity contribution in [3.05, 3.63) is 192 Å². The number of rotatable bonds is 6. The molecule has 1 heterocycles. The number of hydrogen-bond acceptors (Lipinski definition) is 2. The molecule has 0 aliphatic heterocycles. The van der Waals surface area contributed by atoms with Gasteiger partial charge in [0.15, 0.2) is 13.8 Å². The molecular weight excluding hydrogens is 625 g/mol. The highest BCUT2D eigenvalue weighted by atomic mass is 28.3. The number of nitriles is 2. The zero-order valence-electron chi connectivity index (χ0n) is 27.0. The number of nitrogens with zero attached hydrogens (tertiary/aromatic N) is 4. The molecule has 0 fully saturated rings. The van der Waals surface area contributed by atoms with Crippen LogP contribution in [-0.2, 0) is 0 Å². The topological polar surface area (TPSA) is 56.9 Å². The monoisotopic (exact) mass is 652 g/mol. The molecule has 8 aromatic rings. The maximum atomic E-state index is 11.0. The van der Waals surface area contributed by atoms with Crippen LogP contribution >= 0.6 is 0 Å². The number of benzene rings is 7. The average molecular weight is 653 g/mol. The first kappa shape index (κ1) is 30.4. The molecule has 7 aromatic carbocycles. The van der Waals surface area contributed by atoms with Crippen LogP contribution in [-0.4, -0.2) is 12.6 Å². The molecule has 50 heavy (non-hydrogen) atoms. The van der Waals surface area contributed by atoms with Crippen LogP contribution in [0, 0.1) is 29.2 Å². The van der Waals surface area contributed by atoms with Crippen LogP contribution in [0.3, 0.4) is 0 Å². The predicted octanol–water partition coefficient (Wildman–Crippen LogP) is 8.12. The van der Waals surface area contributed by atoms with Gasteiger partial charge >= 0.3 is 0 Å². The van der Waals surface area contributed by atoms with Gasteiger partial charge in [0.2, 0.25) is 0 Å². The van der Waals surface area contributed by atoms with Crippen molar-refractivity contribution in [2.45, 2.75) is 0 Å². The minimum atomic E-state index is -2.98. The van der Waals surface area contributed by atoms with E-state index in [1.807, 2.05) is 72.8 Å². The quantitative estimate of drug-likeness (QED) is 0.104. The SMILES string of the molecule is [C-]#[N+]c1ccc2c(c1)c1ccccc1n2-c1cccc(C#N)c1-c1ccc([Si](c2ccccc2)(c2ccccc2)c2ccccc2)c(C#N)c1. The molecule has 0 spiro atoms. The van der Waals surface area contributed by atoms with E-state index in [1.54, 1.807) is 0 Å². The molecule has 0 saturated carbocycles. The van der Waals surface area contributed by atoms with Crippen LogP contribution in [0.15, 0.2) is 170 Å². The molecular formula is C45H28N4Si. The summed E-state index contributed by atoms with van der Waals surface area (Å²) in [7, 11) is -2.98. The summed E-state index contributed by atoms with van der Waals surface area (Å²) in [5, 5.41) is 28.0. The molecule has 0 N–H and O–H groups in total. The molecule has 0 aliphatic rings. The van der Waals surface area contributed by atoms with E-state index in [9.17, 15) is 10.5 Å². The number of fused-ring (bicyclic) bond motifs is 3. The van der Waals surface area contributed by atoms with E-state index in [4.69, 9.17) is 6.57 Å². The second-order valence-corrected chi connectivity index (χ2v) is 16.0. The fourth-order valence-electron chi connectivity index (χ4n) is 7.56. The number of aromatic nitrogens is 1. The number of hydrogen-bond donors (Lipinski definition) is 0. The van der Waals surface area contributed by atoms with Gasteiger partial charge in [0.1, 0.15) is 0 Å². The van der Waals surface area contributed by atoms with Crippen LogP contribution < -0.4 is 20.7 Å². The van der Waals surface area contributed by atoms with Crippen molar-refractivity contribution in [3.8, 4) is 29.0 Å². The highest BCUT2D eigenvalue weighted by Crippen LogP contribution is 2.39. The summed E-state index contributed by atoms with van der Waals surface area (Å²) in [6.45, 7) is 7.62. The van der Waals surface area contributed by atoms with Crippen molar-refractivity contribution in [2.24, 2.45) is 0 Å². The minimum absolute atomic E-state index is 0.514. The smallest absolute Gasteiger partial charge is 0.188 e. The maximum absolute atomic E-state index is 11.0. The Morgan fingerprint density at radius 1 is 0.520 bits per heavy atom. The third kappa shape index (κ3) is 4.72. The number of para-hydroxylation sites is 1. The largest absolute Gasteiger partial charge is 0.309 e. The van der Waals surface area contributed by atoms with Crippen molar-refractivity contribution >= 4 is 56.3 Å². The molecule has 4 nitrogen and oxygen atoms in total. The lowest BCUT2D eigenvalue weighted by atomic mass is 9.96. The van der Waals surface area contributed by atoms with Gasteiger partial charge in [-0.2, -0.15) is 10.5 Å². The summed E-state index contributed by atoms with van der Waals surface area (Å²) in [4.78, 5) is 3.69. The predicted molar refractivity (Wildman–Crippen MR) is 206 cm³/mol. The second-order valence-electron chi connectivity index (χ2n) is 12.2. The van der Waals surface area contributed by atoms with E-state index >= 15 is 0 Å². The van der Waals surface area contributed by atoms with Gasteiger partial charge in [0.05, 0.1) is 46.6 Å². The lowest BCUT2D eigenvalue weighted by Crippen LogP contribution is -2.75. The van der Waals surface area contributed by atoms with Crippen molar-refractivity contribution in [1.29, 1.82) is 10.5 Å². The highest BCUT2D eigenvalue weighted by Gasteiger charge is 2.43. The van der Waals surface area contributed by atoms with E-state index in [0.29, 0.717) is 16.8 Å². The van der Waals surface area contributed by atoms with Gasteiger partial charge in [-0.05, 0) is 68.1 Å². The van der Waals surface area contributed by atoms with Crippen LogP contribution in [0.5, 0.6) is 0 Å². The van der Waals surface area contributed by atoms with Crippen molar-refractivity contribution < 1.29 is 0 Å². The summed E-state index contributed by atoms with van der Waals surface area (Å²) in [6, 6.07) is 62.5. The van der Waals surface area contributed by atoms with Gasteiger partial charge in [0.25, 0.3) is 0 Å². The summed E-state index contributed by atoms with van der Waals surface area (Å²) >= 11 is 0. The molecule has 232 valence electrons. The Morgan fingerprint density at radius 3 is 1.70 bits per heavy atom. The first-order valence-corrected chi connectivity index (χ1v) is 18.3. The lowest BCUT2D eigenvalue weighted by Gasteiger charge is -2.35. The third-order valence-electron chi connectivity index (χ3n) is 9.64. The van der Waals surface area contributed by atoms with Gasteiger partial charge in [-0.1, -0.05) is 133 Å². The van der Waals surface area contributed by atoms with Crippen molar-refractivity contribution in [1.82, 2.24) is 4.57 Å². The van der Waals surface area contributed by atoms with Gasteiger partial charge in [-0.3, -0.25) is 0 Å². The average Bonchev–Trinajstić information content (AvgIpc) is 3.52. The normalized spacial score (nSPS) is 11.1. The minimum Gasteiger partial charge on any atom is -0.309 e. The molecule has 0 atom stereocenters. The first-order chi connectivity index (χ1) is 24.7. The van der Waals surface area contributed by atoms with Gasteiger partial charge in [0, 0.05) is 10.9 Å². The molecule has 0 unspecified atom stereocenters. The molecule has 0 bridgehead atoms. The summed E-state index contributed by atoms with van der Waals surface area (Å²) in [5.41, 5.74) is 5.95. The Labute approximate surface area is 291 Å². The lowest BCUT2D eigenvalue weighted by molar-refractivity contribution is 1.18. The van der Waals surface area contributed by atoms with E-state index in [-0.39, 0.29) is 0 Å². The van der Waals surface area contributed by atoms with E-state index in [2.05, 4.69) is 119 Å². The first-order valence-electron chi connectivity index (χ1n) is 16.3. The van der Waals surface area contributed by atoms with Gasteiger partial charge in [-0.15, -0.1) is 0 Å². The molecule has 0 saturated heterocycles. The fourth-order valence-corrected chi connectivity index (χ4v) is 12.4. The Kier molecular flexibility index (Phi) is 7.63. The van der Waals surface area contributed by atoms with Crippen molar-refractivity contribution in [3.63, 3.8) is 0 Å². The molecule has 0 amide bonds. The Balaban J connectivity index is 1.43. The standard InChI is InChI=1S/C45H28N4Si/c1-48-35-25-26-42-40(29-35)39-21-11-12-22-41(39)49(42)43-23-13-14-33(30-46)45(43)32-24-27-44(34(28-32)31-47)50(36-15-5-2-6-16-36,37-17-7-3-8-18-37)38-19-9-4-10-20-38/h2-29H. The van der Waals surface area contributed by atoms with Gasteiger partial charge < -0.3 is 4.57 Å². The van der Waals surface area contributed by atoms with Crippen LogP contribution in [0.2, 0.25) is 0 Å². The summed E-state index contributed by atoms with van der Waals surface area (Å²) in [5.74, 6) is 0. The molecule has 1 aromatic heterocycles. The zero-order chi connectivity index (χ0) is 34.1. The highest BCUT2D eigenvalue weighted by molar-refractivity contribution is 7.20. The summed E-state index contributed by atoms with van der Waals surface area (Å²) < 4.78 is 2.17. The van der Waals surface area contributed by atoms with Gasteiger partial charge in [-0.25, -0.2) is 4.85 Å². The molecule has 8 rings (SSSR count). The molecule has 5 heteroatoms. The summed E-state index contributed by atoms with van der Waals surface area (Å²) in [6.07, 6.45) is 0. The third-order valence-corrected chi connectivity index (χ3v) is 14.5. The van der Waals surface area contributed by atoms with Crippen LogP contribution in [0.25, 0.3) is 43.5 Å². The second kappa shape index (κ2) is 12.6.